The third kappa shape index (κ3) is 5.50. The molecule has 1 heterocycles. The lowest BCUT2D eigenvalue weighted by molar-refractivity contribution is -0.143. The average Bonchev–Trinajstić information content (AvgIpc) is 2.94. The Hall–Kier alpha value is -4.15. The number of alkyl halides is 6. The molecule has 0 bridgehead atoms. The lowest BCUT2D eigenvalue weighted by Crippen LogP contribution is -2.46. The van der Waals surface area contributed by atoms with Crippen molar-refractivity contribution in [1.29, 1.82) is 0 Å². The van der Waals surface area contributed by atoms with E-state index in [9.17, 15) is 35.9 Å². The minimum atomic E-state index is -5.13. The molecule has 0 aromatic heterocycles. The van der Waals surface area contributed by atoms with Crippen molar-refractivity contribution in [1.82, 2.24) is 5.32 Å². The van der Waals surface area contributed by atoms with Gasteiger partial charge in [0.2, 0.25) is 12.1 Å². The molecule has 3 aromatic rings. The second-order valence-corrected chi connectivity index (χ2v) is 8.27. The number of halogens is 6. The molecular formula is C26H19F6N3O2. The van der Waals surface area contributed by atoms with Gasteiger partial charge < -0.3 is 10.2 Å². The summed E-state index contributed by atoms with van der Waals surface area (Å²) in [6.07, 6.45) is -12.5. The van der Waals surface area contributed by atoms with Crippen molar-refractivity contribution in [3.63, 3.8) is 0 Å². The molecule has 3 aromatic carbocycles. The van der Waals surface area contributed by atoms with Gasteiger partial charge in [-0.3, -0.25) is 9.59 Å². The van der Waals surface area contributed by atoms with Gasteiger partial charge in [-0.1, -0.05) is 54.6 Å². The summed E-state index contributed by atoms with van der Waals surface area (Å²) < 4.78 is 79.4. The monoisotopic (exact) mass is 519 g/mol. The minimum Gasteiger partial charge on any atom is -0.326 e. The number of carbonyl (C=O) groups excluding carboxylic acids is 2. The van der Waals surface area contributed by atoms with Gasteiger partial charge in [0, 0.05) is 18.2 Å². The summed E-state index contributed by atoms with van der Waals surface area (Å²) in [6.45, 7) is 0. The Labute approximate surface area is 207 Å². The van der Waals surface area contributed by atoms with E-state index < -0.39 is 53.4 Å². The molecule has 1 N–H and O–H groups in total. The van der Waals surface area contributed by atoms with Crippen LogP contribution in [0.5, 0.6) is 0 Å². The molecule has 1 aliphatic rings. The predicted molar refractivity (Wildman–Crippen MR) is 124 cm³/mol. The standard InChI is InChI=1S/C26H19F6N3O2/c1-35-20-10-6-5-9-18(20)22(15-7-3-2-4-8-15)34-23(24(35)37)33-21(36)13-16-11-12-17(25(27,28)29)14-19(16)26(30,31)32/h2-12,14,23H,13H2,1H3,(H,33,36)/t23-/m1/s1. The number of nitrogens with zero attached hydrogens (tertiary/aromatic N) is 2. The number of likely N-dealkylation sites (N-methyl/N-ethyl adjacent to an activating group) is 1. The average molecular weight is 519 g/mol. The Morgan fingerprint density at radius 1 is 0.919 bits per heavy atom. The molecule has 1 atom stereocenters. The van der Waals surface area contributed by atoms with Gasteiger partial charge in [-0.2, -0.15) is 26.3 Å². The summed E-state index contributed by atoms with van der Waals surface area (Å²) in [5, 5.41) is 2.34. The Morgan fingerprint density at radius 2 is 1.57 bits per heavy atom. The summed E-state index contributed by atoms with van der Waals surface area (Å²) >= 11 is 0. The number of benzene rings is 3. The summed E-state index contributed by atoms with van der Waals surface area (Å²) in [7, 11) is 1.47. The fourth-order valence-electron chi connectivity index (χ4n) is 3.99. The van der Waals surface area contributed by atoms with Crippen LogP contribution < -0.4 is 10.2 Å². The van der Waals surface area contributed by atoms with Crippen LogP contribution in [0.25, 0.3) is 0 Å². The van der Waals surface area contributed by atoms with E-state index in [4.69, 9.17) is 0 Å². The largest absolute Gasteiger partial charge is 0.416 e. The van der Waals surface area contributed by atoms with Crippen molar-refractivity contribution in [2.24, 2.45) is 4.99 Å². The highest BCUT2D eigenvalue weighted by molar-refractivity contribution is 6.20. The molecule has 0 spiro atoms. The molecule has 37 heavy (non-hydrogen) atoms. The van der Waals surface area contributed by atoms with Crippen molar-refractivity contribution in [2.75, 3.05) is 11.9 Å². The zero-order valence-corrected chi connectivity index (χ0v) is 19.2. The third-order valence-corrected chi connectivity index (χ3v) is 5.78. The molecule has 4 rings (SSSR count). The van der Waals surface area contributed by atoms with Crippen LogP contribution in [0.4, 0.5) is 32.0 Å². The molecule has 11 heteroatoms. The molecule has 2 amide bonds. The zero-order valence-electron chi connectivity index (χ0n) is 19.2. The maximum Gasteiger partial charge on any atom is 0.416 e. The maximum absolute atomic E-state index is 13.5. The molecule has 0 saturated carbocycles. The SMILES string of the molecule is CN1C(=O)[C@H](NC(=O)Cc2ccc(C(F)(F)F)cc2C(F)(F)F)N=C(c2ccccc2)c2ccccc21. The van der Waals surface area contributed by atoms with Crippen LogP contribution in [0, 0.1) is 0 Å². The first-order valence-corrected chi connectivity index (χ1v) is 10.9. The van der Waals surface area contributed by atoms with E-state index in [-0.39, 0.29) is 6.07 Å². The fraction of sp³-hybridized carbons (Fsp3) is 0.192. The van der Waals surface area contributed by atoms with E-state index in [1.54, 1.807) is 54.6 Å². The van der Waals surface area contributed by atoms with E-state index >= 15 is 0 Å². The Kier molecular flexibility index (Phi) is 6.81. The molecule has 0 fully saturated rings. The number of para-hydroxylation sites is 1. The van der Waals surface area contributed by atoms with Crippen LogP contribution in [-0.2, 0) is 28.4 Å². The van der Waals surface area contributed by atoms with E-state index in [0.717, 1.165) is 0 Å². The van der Waals surface area contributed by atoms with E-state index in [2.05, 4.69) is 10.3 Å². The van der Waals surface area contributed by atoms with Gasteiger partial charge >= 0.3 is 12.4 Å². The van der Waals surface area contributed by atoms with E-state index in [1.807, 2.05) is 0 Å². The summed E-state index contributed by atoms with van der Waals surface area (Å²) in [4.78, 5) is 31.7. The zero-order chi connectivity index (χ0) is 27.0. The topological polar surface area (TPSA) is 61.8 Å². The number of benzodiazepines with no additional fused rings is 1. The van der Waals surface area contributed by atoms with Crippen molar-refractivity contribution in [2.45, 2.75) is 24.9 Å². The number of anilines is 1. The number of fused-ring (bicyclic) bond motifs is 1. The van der Waals surface area contributed by atoms with Crippen LogP contribution in [0.1, 0.15) is 27.8 Å². The van der Waals surface area contributed by atoms with Crippen molar-refractivity contribution < 1.29 is 35.9 Å². The number of carbonyl (C=O) groups is 2. The highest BCUT2D eigenvalue weighted by atomic mass is 19.4. The van der Waals surface area contributed by atoms with E-state index in [0.29, 0.717) is 34.7 Å². The molecule has 0 radical (unpaired) electrons. The van der Waals surface area contributed by atoms with Crippen molar-refractivity contribution in [3.05, 3.63) is 101 Å². The highest BCUT2D eigenvalue weighted by Gasteiger charge is 2.39. The smallest absolute Gasteiger partial charge is 0.326 e. The van der Waals surface area contributed by atoms with E-state index in [1.165, 1.54) is 11.9 Å². The molecule has 1 aliphatic heterocycles. The minimum absolute atomic E-state index is 0.0322. The van der Waals surface area contributed by atoms with Gasteiger partial charge in [-0.15, -0.1) is 0 Å². The molecular weight excluding hydrogens is 500 g/mol. The number of amides is 2. The quantitative estimate of drug-likeness (QED) is 0.481. The van der Waals surface area contributed by atoms with Gasteiger partial charge in [0.05, 0.1) is 28.9 Å². The Balaban J connectivity index is 1.68. The highest BCUT2D eigenvalue weighted by Crippen LogP contribution is 2.37. The Bertz CT molecular complexity index is 1370. The molecule has 0 saturated heterocycles. The van der Waals surface area contributed by atoms with Gasteiger partial charge in [0.1, 0.15) is 0 Å². The number of nitrogens with one attached hydrogen (secondary N) is 1. The number of hydrogen-bond acceptors (Lipinski definition) is 3. The normalized spacial score (nSPS) is 16.1. The van der Waals surface area contributed by atoms with Gasteiger partial charge in [-0.05, 0) is 23.8 Å². The second-order valence-electron chi connectivity index (χ2n) is 8.27. The maximum atomic E-state index is 13.5. The lowest BCUT2D eigenvalue weighted by Gasteiger charge is -2.21. The summed E-state index contributed by atoms with van der Waals surface area (Å²) in [6, 6.07) is 16.8. The van der Waals surface area contributed by atoms with Crippen molar-refractivity contribution >= 4 is 23.2 Å². The van der Waals surface area contributed by atoms with Crippen LogP contribution in [0.3, 0.4) is 0 Å². The van der Waals surface area contributed by atoms with Gasteiger partial charge in [0.25, 0.3) is 5.91 Å². The predicted octanol–water partition coefficient (Wildman–Crippen LogP) is 5.22. The van der Waals surface area contributed by atoms with Crippen LogP contribution in [0.2, 0.25) is 0 Å². The lowest BCUT2D eigenvalue weighted by atomic mass is 10.00. The summed E-state index contributed by atoms with van der Waals surface area (Å²) in [5.41, 5.74) is -1.61. The number of hydrogen-bond donors (Lipinski definition) is 1. The number of aliphatic imine (C=N–C) groups is 1. The van der Waals surface area contributed by atoms with Crippen LogP contribution >= 0.6 is 0 Å². The first-order chi connectivity index (χ1) is 17.4. The molecule has 0 unspecified atom stereocenters. The molecule has 5 nitrogen and oxygen atoms in total. The summed E-state index contributed by atoms with van der Waals surface area (Å²) in [5.74, 6) is -1.66. The molecule has 192 valence electrons. The Morgan fingerprint density at radius 3 is 2.22 bits per heavy atom. The first kappa shape index (κ1) is 25.9. The van der Waals surface area contributed by atoms with Gasteiger partial charge in [0.15, 0.2) is 0 Å². The number of rotatable bonds is 4. The first-order valence-electron chi connectivity index (χ1n) is 10.9. The second kappa shape index (κ2) is 9.72. The molecule has 0 aliphatic carbocycles. The van der Waals surface area contributed by atoms with Crippen molar-refractivity contribution in [3.8, 4) is 0 Å². The fourth-order valence-corrected chi connectivity index (χ4v) is 3.99. The van der Waals surface area contributed by atoms with Crippen LogP contribution in [-0.4, -0.2) is 30.7 Å². The van der Waals surface area contributed by atoms with Gasteiger partial charge in [-0.25, -0.2) is 4.99 Å². The third-order valence-electron chi connectivity index (χ3n) is 5.78. The van der Waals surface area contributed by atoms with Crippen LogP contribution in [0.15, 0.2) is 77.8 Å².